The first-order valence-electron chi connectivity index (χ1n) is 12.6. The van der Waals surface area contributed by atoms with E-state index in [-0.39, 0.29) is 29.0 Å². The zero-order valence-electron chi connectivity index (χ0n) is 21.7. The maximum atomic E-state index is 14.0. The van der Waals surface area contributed by atoms with Gasteiger partial charge in [-0.15, -0.1) is 10.2 Å². The summed E-state index contributed by atoms with van der Waals surface area (Å²) >= 11 is 2.91. The van der Waals surface area contributed by atoms with Crippen LogP contribution in [0.4, 0.5) is 10.8 Å². The van der Waals surface area contributed by atoms with Crippen molar-refractivity contribution in [1.82, 2.24) is 10.2 Å². The number of nitriles is 1. The second kappa shape index (κ2) is 9.07. The summed E-state index contributed by atoms with van der Waals surface area (Å²) in [5.74, 6) is 0.226. The van der Waals surface area contributed by atoms with Gasteiger partial charge >= 0.3 is 0 Å². The van der Waals surface area contributed by atoms with Crippen LogP contribution in [0.15, 0.2) is 75.5 Å². The van der Waals surface area contributed by atoms with Crippen molar-refractivity contribution >= 4 is 45.6 Å². The summed E-state index contributed by atoms with van der Waals surface area (Å²) in [7, 11) is 0. The minimum absolute atomic E-state index is 0.0323. The molecule has 3 N–H and O–H groups in total. The summed E-state index contributed by atoms with van der Waals surface area (Å²) in [5.41, 5.74) is 9.00. The molecule has 8 nitrogen and oxygen atoms in total. The van der Waals surface area contributed by atoms with Crippen molar-refractivity contribution < 1.29 is 9.59 Å². The number of Topliss-reactive ketones (excluding diaryl/α,β-unsaturated/α-hetero) is 1. The number of hydrogen-bond acceptors (Lipinski definition) is 9. The molecular weight excluding hydrogens is 528 g/mol. The van der Waals surface area contributed by atoms with Crippen molar-refractivity contribution in [2.45, 2.75) is 49.1 Å². The molecule has 1 spiro atoms. The second-order valence-electron chi connectivity index (χ2n) is 10.8. The van der Waals surface area contributed by atoms with Crippen LogP contribution in [-0.2, 0) is 20.8 Å². The van der Waals surface area contributed by atoms with E-state index in [1.807, 2.05) is 57.2 Å². The fraction of sp³-hybridized carbons (Fsp3) is 0.276. The third-order valence-corrected chi connectivity index (χ3v) is 9.55. The highest BCUT2D eigenvalue weighted by Crippen LogP contribution is 2.57. The van der Waals surface area contributed by atoms with Gasteiger partial charge in [0.15, 0.2) is 10.1 Å². The van der Waals surface area contributed by atoms with Crippen LogP contribution in [0.25, 0.3) is 0 Å². The highest BCUT2D eigenvalue weighted by atomic mass is 32.2. The van der Waals surface area contributed by atoms with Crippen molar-refractivity contribution in [3.63, 3.8) is 0 Å². The van der Waals surface area contributed by atoms with E-state index in [4.69, 9.17) is 5.73 Å². The lowest BCUT2D eigenvalue weighted by molar-refractivity contribution is -0.123. The summed E-state index contributed by atoms with van der Waals surface area (Å²) in [6.45, 7) is 5.96. The van der Waals surface area contributed by atoms with Crippen LogP contribution in [-0.4, -0.2) is 21.9 Å². The number of benzene rings is 2. The van der Waals surface area contributed by atoms with E-state index in [0.29, 0.717) is 34.1 Å². The Morgan fingerprint density at radius 3 is 2.67 bits per heavy atom. The predicted octanol–water partition coefficient (Wildman–Crippen LogP) is 5.19. The Morgan fingerprint density at radius 2 is 1.92 bits per heavy atom. The van der Waals surface area contributed by atoms with Crippen LogP contribution >= 0.6 is 23.1 Å². The maximum absolute atomic E-state index is 14.0. The van der Waals surface area contributed by atoms with Crippen molar-refractivity contribution in [3.05, 3.63) is 87.9 Å². The number of anilines is 2. The molecule has 0 bridgehead atoms. The van der Waals surface area contributed by atoms with Crippen LogP contribution in [0.2, 0.25) is 0 Å². The molecule has 1 aliphatic carbocycles. The third-order valence-electron chi connectivity index (χ3n) is 7.44. The molecule has 1 atom stereocenters. The lowest BCUT2D eigenvalue weighted by Crippen LogP contribution is -2.52. The quantitative estimate of drug-likeness (QED) is 0.423. The fourth-order valence-electron chi connectivity index (χ4n) is 5.82. The van der Waals surface area contributed by atoms with Gasteiger partial charge in [0.2, 0.25) is 11.0 Å². The Hall–Kier alpha value is -3.94. The minimum atomic E-state index is -1.60. The number of thioether (sulfide) groups is 1. The van der Waals surface area contributed by atoms with Gasteiger partial charge in [-0.25, -0.2) is 0 Å². The van der Waals surface area contributed by atoms with Crippen molar-refractivity contribution in [1.29, 1.82) is 5.26 Å². The molecule has 3 heterocycles. The maximum Gasteiger partial charge on any atom is 0.245 e. The molecule has 196 valence electrons. The SMILES string of the molecule is Cc1ccc2c(c1)[C@]1(C(=O)N2)C(C#N)=C(N)N(c2nnc(SCc3ccccc3)s2)C2=C1C(=O)CC(C)(C)C2. The number of carbonyl (C=O) groups excluding carboxylic acids is 2. The Morgan fingerprint density at radius 1 is 1.15 bits per heavy atom. The van der Waals surface area contributed by atoms with Gasteiger partial charge in [-0.05, 0) is 30.4 Å². The first-order chi connectivity index (χ1) is 18.7. The van der Waals surface area contributed by atoms with Gasteiger partial charge in [-0.3, -0.25) is 14.5 Å². The summed E-state index contributed by atoms with van der Waals surface area (Å²) in [5, 5.41) is 22.7. The van der Waals surface area contributed by atoms with Gasteiger partial charge < -0.3 is 11.1 Å². The van der Waals surface area contributed by atoms with Gasteiger partial charge in [0.05, 0.1) is 5.57 Å². The number of amides is 1. The highest BCUT2D eigenvalue weighted by molar-refractivity contribution is 8.00. The van der Waals surface area contributed by atoms with Crippen LogP contribution in [0.5, 0.6) is 0 Å². The van der Waals surface area contributed by atoms with E-state index in [0.717, 1.165) is 21.2 Å². The van der Waals surface area contributed by atoms with Gasteiger partial charge in [-0.2, -0.15) is 5.26 Å². The predicted molar refractivity (Wildman–Crippen MR) is 152 cm³/mol. The molecule has 6 rings (SSSR count). The molecule has 10 heteroatoms. The normalized spacial score (nSPS) is 21.6. The monoisotopic (exact) mass is 554 g/mol. The van der Waals surface area contributed by atoms with E-state index >= 15 is 0 Å². The van der Waals surface area contributed by atoms with E-state index in [1.165, 1.54) is 11.3 Å². The van der Waals surface area contributed by atoms with E-state index in [1.54, 1.807) is 16.7 Å². The Labute approximate surface area is 234 Å². The highest BCUT2D eigenvalue weighted by Gasteiger charge is 2.61. The molecule has 0 fully saturated rings. The molecule has 0 unspecified atom stereocenters. The Balaban J connectivity index is 1.52. The average Bonchev–Trinajstić information content (AvgIpc) is 3.46. The lowest BCUT2D eigenvalue weighted by Gasteiger charge is -2.45. The van der Waals surface area contributed by atoms with Crippen molar-refractivity contribution in [2.24, 2.45) is 11.1 Å². The summed E-state index contributed by atoms with van der Waals surface area (Å²) in [6.07, 6.45) is 0.735. The summed E-state index contributed by atoms with van der Waals surface area (Å²) in [6, 6.07) is 17.9. The van der Waals surface area contributed by atoms with Gasteiger partial charge in [-0.1, -0.05) is 85.0 Å². The zero-order valence-corrected chi connectivity index (χ0v) is 23.4. The minimum Gasteiger partial charge on any atom is -0.384 e. The summed E-state index contributed by atoms with van der Waals surface area (Å²) < 4.78 is 0.739. The zero-order chi connectivity index (χ0) is 27.5. The molecule has 2 aliphatic heterocycles. The number of nitrogens with two attached hydrogens (primary N) is 1. The number of allylic oxidation sites excluding steroid dienone is 1. The topological polar surface area (TPSA) is 125 Å². The first-order valence-corrected chi connectivity index (χ1v) is 14.4. The molecule has 0 saturated carbocycles. The standard InChI is InChI=1S/C29H26N6O2S2/c1-16-9-10-20-18(11-16)29(25(37)32-20)19(14-30)24(31)35(21-12-28(2,3)13-22(36)23(21)29)26-33-34-27(39-26)38-15-17-7-5-4-6-8-17/h4-11H,12-13,15,31H2,1-3H3,(H,32,37)/t29-/m0/s1. The number of rotatable bonds is 4. The van der Waals surface area contributed by atoms with E-state index in [9.17, 15) is 14.9 Å². The smallest absolute Gasteiger partial charge is 0.245 e. The number of hydrogen-bond donors (Lipinski definition) is 2. The van der Waals surface area contributed by atoms with Crippen LogP contribution in [0, 0.1) is 23.7 Å². The Bertz CT molecular complexity index is 1650. The van der Waals surface area contributed by atoms with Crippen molar-refractivity contribution in [3.8, 4) is 6.07 Å². The number of aryl methyl sites for hydroxylation is 1. The van der Waals surface area contributed by atoms with E-state index < -0.39 is 11.3 Å². The van der Waals surface area contributed by atoms with Crippen molar-refractivity contribution in [2.75, 3.05) is 10.2 Å². The number of fused-ring (bicyclic) bond motifs is 3. The van der Waals surface area contributed by atoms with Gasteiger partial charge in [0, 0.05) is 34.7 Å². The van der Waals surface area contributed by atoms with Crippen LogP contribution in [0.1, 0.15) is 43.4 Å². The molecule has 3 aliphatic rings. The van der Waals surface area contributed by atoms with Crippen LogP contribution < -0.4 is 16.0 Å². The lowest BCUT2D eigenvalue weighted by atomic mass is 9.61. The summed E-state index contributed by atoms with van der Waals surface area (Å²) in [4.78, 5) is 29.5. The largest absolute Gasteiger partial charge is 0.384 e. The Kier molecular flexibility index (Phi) is 5.90. The fourth-order valence-corrected chi connectivity index (χ4v) is 7.66. The molecule has 0 saturated heterocycles. The van der Waals surface area contributed by atoms with E-state index in [2.05, 4.69) is 33.7 Å². The second-order valence-corrected chi connectivity index (χ2v) is 13.0. The molecule has 1 aromatic heterocycles. The number of carbonyl (C=O) groups is 2. The molecule has 3 aromatic rings. The number of nitrogens with zero attached hydrogens (tertiary/aromatic N) is 4. The van der Waals surface area contributed by atoms with Gasteiger partial charge in [0.1, 0.15) is 17.3 Å². The van der Waals surface area contributed by atoms with Gasteiger partial charge in [0.25, 0.3) is 0 Å². The average molecular weight is 555 g/mol. The number of nitrogens with one attached hydrogen (secondary N) is 1. The molecule has 1 amide bonds. The third kappa shape index (κ3) is 3.87. The first kappa shape index (κ1) is 25.3. The molecule has 2 aromatic carbocycles. The number of ketones is 1. The number of aromatic nitrogens is 2. The molecule has 0 radical (unpaired) electrons. The molecule has 39 heavy (non-hydrogen) atoms. The van der Waals surface area contributed by atoms with Crippen LogP contribution in [0.3, 0.4) is 0 Å². The molecular formula is C29H26N6O2S2.